The van der Waals surface area contributed by atoms with Gasteiger partial charge in [-0.3, -0.25) is 9.31 Å². The second-order valence-corrected chi connectivity index (χ2v) is 11.7. The minimum Gasteiger partial charge on any atom is -0.611 e. The van der Waals surface area contributed by atoms with Crippen LogP contribution in [0, 0.1) is 5.82 Å². The molecule has 0 saturated heterocycles. The van der Waals surface area contributed by atoms with Gasteiger partial charge in [-0.2, -0.15) is 8.42 Å². The molecular formula is C25H19FN4O5S2. The predicted octanol–water partition coefficient (Wildman–Crippen LogP) is 3.05. The van der Waals surface area contributed by atoms with Crippen LogP contribution in [0.1, 0.15) is 23.1 Å². The zero-order chi connectivity index (χ0) is 25.9. The Morgan fingerprint density at radius 3 is 2.68 bits per heavy atom. The van der Waals surface area contributed by atoms with E-state index in [9.17, 15) is 27.3 Å². The average Bonchev–Trinajstić information content (AvgIpc) is 3.52. The highest BCUT2D eigenvalue weighted by molar-refractivity contribution is 8.00. The molecule has 4 heterocycles. The molecule has 37 heavy (non-hydrogen) atoms. The fourth-order valence-corrected chi connectivity index (χ4v) is 6.91. The molecule has 2 N–H and O–H groups in total. The first-order valence-electron chi connectivity index (χ1n) is 11.3. The fraction of sp³-hybridized carbons (Fsp3) is 0.120. The third-order valence-electron chi connectivity index (χ3n) is 6.29. The molecule has 1 unspecified atom stereocenters. The van der Waals surface area contributed by atoms with Crippen molar-refractivity contribution < 1.29 is 22.5 Å². The second-order valence-electron chi connectivity index (χ2n) is 8.61. The van der Waals surface area contributed by atoms with Crippen LogP contribution in [0.4, 0.5) is 10.1 Å². The summed E-state index contributed by atoms with van der Waals surface area (Å²) in [7, 11) is -4.27. The van der Waals surface area contributed by atoms with Crippen molar-refractivity contribution in [3.63, 3.8) is 0 Å². The molecule has 2 aliphatic rings. The van der Waals surface area contributed by atoms with Crippen molar-refractivity contribution in [1.29, 1.82) is 0 Å². The minimum atomic E-state index is -4.27. The lowest BCUT2D eigenvalue weighted by atomic mass is 10.1. The Kier molecular flexibility index (Phi) is 5.48. The smallest absolute Gasteiger partial charge is 0.286 e. The maximum Gasteiger partial charge on any atom is 0.286 e. The summed E-state index contributed by atoms with van der Waals surface area (Å²) >= 11 is -1.20. The number of nitrogens with one attached hydrogen (secondary N) is 1. The van der Waals surface area contributed by atoms with E-state index in [4.69, 9.17) is 0 Å². The number of anilines is 1. The van der Waals surface area contributed by atoms with Crippen LogP contribution in [0.3, 0.4) is 0 Å². The van der Waals surface area contributed by atoms with Gasteiger partial charge < -0.3 is 15.0 Å². The number of halogens is 1. The zero-order valence-electron chi connectivity index (χ0n) is 19.1. The van der Waals surface area contributed by atoms with Crippen LogP contribution in [0.15, 0.2) is 81.0 Å². The lowest BCUT2D eigenvalue weighted by Crippen LogP contribution is -2.35. The third kappa shape index (κ3) is 3.93. The first-order valence-corrected chi connectivity index (χ1v) is 14.0. The summed E-state index contributed by atoms with van der Waals surface area (Å²) in [6, 6.07) is 13.4. The number of allylic oxidation sites excluding steroid dienone is 1. The van der Waals surface area contributed by atoms with Gasteiger partial charge in [-0.15, -0.1) is 4.40 Å². The Morgan fingerprint density at radius 1 is 1.16 bits per heavy atom. The Labute approximate surface area is 213 Å². The average molecular weight is 539 g/mol. The summed E-state index contributed by atoms with van der Waals surface area (Å²) in [5.41, 5.74) is 0.577. The topological polar surface area (TPSA) is 128 Å². The van der Waals surface area contributed by atoms with Gasteiger partial charge >= 0.3 is 0 Å². The van der Waals surface area contributed by atoms with Crippen molar-refractivity contribution in [2.45, 2.75) is 17.9 Å². The Hall–Kier alpha value is -3.87. The molecule has 0 bridgehead atoms. The highest BCUT2D eigenvalue weighted by atomic mass is 32.2. The Balaban J connectivity index is 1.48. The molecule has 6 rings (SSSR count). The lowest BCUT2D eigenvalue weighted by Gasteiger charge is -2.21. The Bertz CT molecular complexity index is 1810. The molecule has 12 heteroatoms. The van der Waals surface area contributed by atoms with Crippen molar-refractivity contribution in [3.05, 3.63) is 99.7 Å². The number of aromatic nitrogens is 2. The summed E-state index contributed by atoms with van der Waals surface area (Å²) in [5, 5.41) is 13.9. The summed E-state index contributed by atoms with van der Waals surface area (Å²) < 4.78 is 58.6. The summed E-state index contributed by atoms with van der Waals surface area (Å²) in [6.07, 6.45) is 4.05. The SMILES string of the molecule is O=c1c(C2=NS(=O)(=O)c3cc(C4=CCC[S+]4[O-])ccc3N2)c(O)c2cccn2n1Cc1ccc(F)cc1. The highest BCUT2D eigenvalue weighted by Crippen LogP contribution is 2.36. The fourth-order valence-electron chi connectivity index (χ4n) is 4.52. The molecule has 0 aliphatic carbocycles. The molecule has 0 spiro atoms. The van der Waals surface area contributed by atoms with E-state index in [2.05, 4.69) is 9.71 Å². The van der Waals surface area contributed by atoms with Crippen molar-refractivity contribution in [1.82, 2.24) is 9.20 Å². The molecule has 0 fully saturated rings. The van der Waals surface area contributed by atoms with Crippen LogP contribution >= 0.6 is 0 Å². The summed E-state index contributed by atoms with van der Waals surface area (Å²) in [5.74, 6) is -0.677. The third-order valence-corrected chi connectivity index (χ3v) is 9.10. The van der Waals surface area contributed by atoms with Crippen LogP contribution in [0.5, 0.6) is 5.75 Å². The van der Waals surface area contributed by atoms with Crippen molar-refractivity contribution >= 4 is 43.1 Å². The lowest BCUT2D eigenvalue weighted by molar-refractivity contribution is 0.466. The number of hydrogen-bond acceptors (Lipinski definition) is 6. The number of hydrogen-bond donors (Lipinski definition) is 2. The van der Waals surface area contributed by atoms with Crippen LogP contribution < -0.4 is 10.9 Å². The standard InChI is InChI=1S/C25H19FN4O5S2/c26-17-8-5-15(6-9-17)14-30-25(32)22(23(31)19-3-1-11-29(19)30)24-27-18-10-7-16(20-4-2-12-36(20)33)13-21(18)37(34,35)28-24/h1,3-11,13,31H,2,12,14H2,(H,27,28). The molecule has 2 aliphatic heterocycles. The molecule has 2 aromatic heterocycles. The maximum atomic E-state index is 13.6. The van der Waals surface area contributed by atoms with Crippen LogP contribution in [0.2, 0.25) is 0 Å². The Morgan fingerprint density at radius 2 is 1.95 bits per heavy atom. The van der Waals surface area contributed by atoms with E-state index in [-0.39, 0.29) is 34.0 Å². The summed E-state index contributed by atoms with van der Waals surface area (Å²) in [6.45, 7) is 0.0315. The van der Waals surface area contributed by atoms with E-state index in [1.54, 1.807) is 24.4 Å². The van der Waals surface area contributed by atoms with Crippen LogP contribution in [0.25, 0.3) is 10.4 Å². The van der Waals surface area contributed by atoms with Gasteiger partial charge in [-0.1, -0.05) is 12.1 Å². The molecule has 188 valence electrons. The van der Waals surface area contributed by atoms with Crippen molar-refractivity contribution in [2.24, 2.45) is 4.40 Å². The van der Waals surface area contributed by atoms with Gasteiger partial charge in [0.1, 0.15) is 27.5 Å². The molecule has 0 saturated carbocycles. The van der Waals surface area contributed by atoms with E-state index in [0.717, 1.165) is 0 Å². The second kappa shape index (κ2) is 8.61. The molecule has 1 atom stereocenters. The number of fused-ring (bicyclic) bond motifs is 2. The van der Waals surface area contributed by atoms with Gasteiger partial charge in [0.2, 0.25) is 0 Å². The van der Waals surface area contributed by atoms with Crippen LogP contribution in [-0.4, -0.2) is 38.9 Å². The van der Waals surface area contributed by atoms with Gasteiger partial charge in [0.05, 0.1) is 12.2 Å². The first-order chi connectivity index (χ1) is 17.7. The van der Waals surface area contributed by atoms with Crippen molar-refractivity contribution in [2.75, 3.05) is 11.1 Å². The molecule has 2 aromatic carbocycles. The monoisotopic (exact) mass is 538 g/mol. The normalized spacial score (nSPS) is 18.3. The number of nitrogens with zero attached hydrogens (tertiary/aromatic N) is 3. The van der Waals surface area contributed by atoms with Crippen molar-refractivity contribution in [3.8, 4) is 5.75 Å². The van der Waals surface area contributed by atoms with E-state index in [0.29, 0.717) is 28.2 Å². The first kappa shape index (κ1) is 23.5. The number of rotatable bonds is 4. The van der Waals surface area contributed by atoms with Gasteiger partial charge in [0.25, 0.3) is 15.6 Å². The molecule has 0 radical (unpaired) electrons. The highest BCUT2D eigenvalue weighted by Gasteiger charge is 2.32. The van der Waals surface area contributed by atoms with Gasteiger partial charge in [-0.05, 0) is 65.3 Å². The van der Waals surface area contributed by atoms with Gasteiger partial charge in [-0.25, -0.2) is 9.07 Å². The largest absolute Gasteiger partial charge is 0.611 e. The van der Waals surface area contributed by atoms with E-state index in [1.165, 1.54) is 45.6 Å². The van der Waals surface area contributed by atoms with Gasteiger partial charge in [0.15, 0.2) is 16.5 Å². The van der Waals surface area contributed by atoms with E-state index < -0.39 is 38.3 Å². The zero-order valence-corrected chi connectivity index (χ0v) is 20.7. The molecule has 9 nitrogen and oxygen atoms in total. The number of benzene rings is 2. The molecular weight excluding hydrogens is 519 g/mol. The number of sulfonamides is 1. The minimum absolute atomic E-state index is 0.0315. The quantitative estimate of drug-likeness (QED) is 0.385. The number of aromatic hydroxyl groups is 1. The van der Waals surface area contributed by atoms with Crippen LogP contribution in [-0.2, 0) is 27.7 Å². The number of amidine groups is 1. The maximum absolute atomic E-state index is 13.6. The summed E-state index contributed by atoms with van der Waals surface area (Å²) in [4.78, 5) is 14.1. The molecule has 0 amide bonds. The molecule has 4 aromatic rings. The van der Waals surface area contributed by atoms with Gasteiger partial charge in [0, 0.05) is 18.2 Å². The van der Waals surface area contributed by atoms with E-state index >= 15 is 0 Å². The predicted molar refractivity (Wildman–Crippen MR) is 138 cm³/mol. The van der Waals surface area contributed by atoms with E-state index in [1.807, 2.05) is 6.08 Å².